The third-order valence-electron chi connectivity index (χ3n) is 1.84. The second-order valence-electron chi connectivity index (χ2n) is 3.36. The summed E-state index contributed by atoms with van der Waals surface area (Å²) < 4.78 is 5.48. The van der Waals surface area contributed by atoms with Gasteiger partial charge in [-0.1, -0.05) is 17.7 Å². The fourth-order valence-electron chi connectivity index (χ4n) is 1.07. The van der Waals surface area contributed by atoms with Gasteiger partial charge < -0.3 is 21.0 Å². The van der Waals surface area contributed by atoms with Crippen molar-refractivity contribution in [2.45, 2.75) is 13.3 Å². The van der Waals surface area contributed by atoms with E-state index in [1.807, 2.05) is 31.2 Å². The van der Waals surface area contributed by atoms with Gasteiger partial charge in [0.15, 0.2) is 0 Å². The standard InChI is InChI=1S/C11H17N3O2/c1-9-3-5-10(6-4-9)15-7-2-8-16-14-11(12)13/h3-6H,2,7-8H2,1H3,(H4,12,13,14). The van der Waals surface area contributed by atoms with Crippen LogP contribution in [0.4, 0.5) is 0 Å². The number of oxime groups is 1. The number of aryl methyl sites for hydroxylation is 1. The predicted octanol–water partition coefficient (Wildman–Crippen LogP) is 0.969. The van der Waals surface area contributed by atoms with Crippen LogP contribution in [0.25, 0.3) is 0 Å². The summed E-state index contributed by atoms with van der Waals surface area (Å²) in [5, 5.41) is 3.40. The molecule has 1 aromatic carbocycles. The lowest BCUT2D eigenvalue weighted by atomic mass is 10.2. The van der Waals surface area contributed by atoms with Crippen LogP contribution in [0, 0.1) is 6.92 Å². The van der Waals surface area contributed by atoms with Gasteiger partial charge in [-0.05, 0) is 24.2 Å². The maximum atomic E-state index is 5.48. The van der Waals surface area contributed by atoms with E-state index in [2.05, 4.69) is 5.16 Å². The number of nitrogens with zero attached hydrogens (tertiary/aromatic N) is 1. The minimum Gasteiger partial charge on any atom is -0.493 e. The first-order valence-corrected chi connectivity index (χ1v) is 5.09. The first-order valence-electron chi connectivity index (χ1n) is 5.09. The summed E-state index contributed by atoms with van der Waals surface area (Å²) >= 11 is 0. The molecule has 0 aliphatic rings. The summed E-state index contributed by atoms with van der Waals surface area (Å²) in [6, 6.07) is 7.88. The molecule has 1 aromatic rings. The highest BCUT2D eigenvalue weighted by atomic mass is 16.6. The average Bonchev–Trinajstić information content (AvgIpc) is 2.25. The van der Waals surface area contributed by atoms with Crippen molar-refractivity contribution in [1.82, 2.24) is 0 Å². The van der Waals surface area contributed by atoms with Crippen LogP contribution in [-0.2, 0) is 4.84 Å². The first-order chi connectivity index (χ1) is 7.68. The van der Waals surface area contributed by atoms with E-state index in [-0.39, 0.29) is 5.96 Å². The molecule has 5 heteroatoms. The van der Waals surface area contributed by atoms with Crippen LogP contribution in [0.1, 0.15) is 12.0 Å². The van der Waals surface area contributed by atoms with E-state index in [1.165, 1.54) is 5.56 Å². The zero-order chi connectivity index (χ0) is 11.8. The van der Waals surface area contributed by atoms with Crippen LogP contribution in [0.2, 0.25) is 0 Å². The number of nitrogens with two attached hydrogens (primary N) is 2. The molecule has 0 radical (unpaired) electrons. The lowest BCUT2D eigenvalue weighted by molar-refractivity contribution is 0.127. The monoisotopic (exact) mass is 223 g/mol. The molecular weight excluding hydrogens is 206 g/mol. The van der Waals surface area contributed by atoms with E-state index >= 15 is 0 Å². The Morgan fingerprint density at radius 1 is 1.19 bits per heavy atom. The highest BCUT2D eigenvalue weighted by Gasteiger charge is 1.93. The minimum absolute atomic E-state index is 0.0700. The van der Waals surface area contributed by atoms with Gasteiger partial charge in [0, 0.05) is 6.42 Å². The topological polar surface area (TPSA) is 82.9 Å². The molecule has 88 valence electrons. The third-order valence-corrected chi connectivity index (χ3v) is 1.84. The molecule has 0 heterocycles. The number of benzene rings is 1. The molecule has 0 saturated heterocycles. The molecule has 0 bridgehead atoms. The quantitative estimate of drug-likeness (QED) is 0.326. The van der Waals surface area contributed by atoms with Crippen LogP contribution < -0.4 is 16.2 Å². The Balaban J connectivity index is 2.12. The van der Waals surface area contributed by atoms with Crippen molar-refractivity contribution >= 4 is 5.96 Å². The Morgan fingerprint density at radius 2 is 1.88 bits per heavy atom. The maximum absolute atomic E-state index is 5.48. The Kier molecular flexibility index (Phi) is 4.98. The van der Waals surface area contributed by atoms with Gasteiger partial charge in [-0.15, -0.1) is 0 Å². The van der Waals surface area contributed by atoms with Crippen molar-refractivity contribution in [2.75, 3.05) is 13.2 Å². The molecule has 0 spiro atoms. The summed E-state index contributed by atoms with van der Waals surface area (Å²) in [4.78, 5) is 4.81. The van der Waals surface area contributed by atoms with E-state index < -0.39 is 0 Å². The van der Waals surface area contributed by atoms with Crippen LogP contribution in [0.15, 0.2) is 29.4 Å². The average molecular weight is 223 g/mol. The van der Waals surface area contributed by atoms with Crippen molar-refractivity contribution in [3.05, 3.63) is 29.8 Å². The summed E-state index contributed by atoms with van der Waals surface area (Å²) in [6.07, 6.45) is 0.727. The summed E-state index contributed by atoms with van der Waals surface area (Å²) in [5.74, 6) is 0.784. The lowest BCUT2D eigenvalue weighted by Gasteiger charge is -2.05. The van der Waals surface area contributed by atoms with Crippen LogP contribution >= 0.6 is 0 Å². The molecule has 5 nitrogen and oxygen atoms in total. The zero-order valence-electron chi connectivity index (χ0n) is 9.35. The third kappa shape index (κ3) is 5.09. The van der Waals surface area contributed by atoms with Gasteiger partial charge >= 0.3 is 0 Å². The molecule has 16 heavy (non-hydrogen) atoms. The Labute approximate surface area is 95.0 Å². The second-order valence-corrected chi connectivity index (χ2v) is 3.36. The van der Waals surface area contributed by atoms with Gasteiger partial charge in [-0.3, -0.25) is 0 Å². The minimum atomic E-state index is -0.0700. The van der Waals surface area contributed by atoms with Crippen molar-refractivity contribution < 1.29 is 9.57 Å². The van der Waals surface area contributed by atoms with Crippen LogP contribution in [0.5, 0.6) is 5.75 Å². The Morgan fingerprint density at radius 3 is 2.50 bits per heavy atom. The number of hydrogen-bond donors (Lipinski definition) is 2. The molecule has 0 aromatic heterocycles. The molecule has 1 rings (SSSR count). The zero-order valence-corrected chi connectivity index (χ0v) is 9.35. The molecule has 0 aliphatic carbocycles. The van der Waals surface area contributed by atoms with Crippen LogP contribution in [-0.4, -0.2) is 19.2 Å². The molecule has 4 N–H and O–H groups in total. The summed E-state index contributed by atoms with van der Waals surface area (Å²) in [7, 11) is 0. The molecule has 0 saturated carbocycles. The van der Waals surface area contributed by atoms with E-state index in [1.54, 1.807) is 0 Å². The highest BCUT2D eigenvalue weighted by Crippen LogP contribution is 2.11. The largest absolute Gasteiger partial charge is 0.493 e. The molecule has 0 fully saturated rings. The van der Waals surface area contributed by atoms with Crippen molar-refractivity contribution in [2.24, 2.45) is 16.6 Å². The fraction of sp³-hybridized carbons (Fsp3) is 0.364. The molecule has 0 amide bonds. The van der Waals surface area contributed by atoms with E-state index in [0.717, 1.165) is 12.2 Å². The second kappa shape index (κ2) is 6.55. The molecule has 0 atom stereocenters. The van der Waals surface area contributed by atoms with Crippen molar-refractivity contribution in [1.29, 1.82) is 0 Å². The molecule has 0 unspecified atom stereocenters. The van der Waals surface area contributed by atoms with Crippen molar-refractivity contribution in [3.8, 4) is 5.75 Å². The number of ether oxygens (including phenoxy) is 1. The van der Waals surface area contributed by atoms with Crippen molar-refractivity contribution in [3.63, 3.8) is 0 Å². The SMILES string of the molecule is Cc1ccc(OCCCON=C(N)N)cc1. The molecule has 0 aliphatic heterocycles. The van der Waals surface area contributed by atoms with E-state index in [4.69, 9.17) is 21.0 Å². The number of guanidine groups is 1. The smallest absolute Gasteiger partial charge is 0.228 e. The maximum Gasteiger partial charge on any atom is 0.228 e. The van der Waals surface area contributed by atoms with E-state index in [9.17, 15) is 0 Å². The number of hydrogen-bond acceptors (Lipinski definition) is 3. The Bertz CT molecular complexity index is 332. The first kappa shape index (κ1) is 12.2. The van der Waals surface area contributed by atoms with Gasteiger partial charge in [0.05, 0.1) is 6.61 Å². The normalized spacial score (nSPS) is 9.56. The number of rotatable bonds is 6. The van der Waals surface area contributed by atoms with E-state index in [0.29, 0.717) is 13.2 Å². The fourth-order valence-corrected chi connectivity index (χ4v) is 1.07. The predicted molar refractivity (Wildman–Crippen MR) is 63.1 cm³/mol. The van der Waals surface area contributed by atoms with Gasteiger partial charge in [0.25, 0.3) is 0 Å². The molecular formula is C11H17N3O2. The van der Waals surface area contributed by atoms with Gasteiger partial charge in [0.2, 0.25) is 5.96 Å². The van der Waals surface area contributed by atoms with Gasteiger partial charge in [-0.2, -0.15) is 0 Å². The Hall–Kier alpha value is -1.91. The van der Waals surface area contributed by atoms with Gasteiger partial charge in [-0.25, -0.2) is 0 Å². The van der Waals surface area contributed by atoms with Crippen LogP contribution in [0.3, 0.4) is 0 Å². The van der Waals surface area contributed by atoms with Gasteiger partial charge in [0.1, 0.15) is 12.4 Å². The highest BCUT2D eigenvalue weighted by molar-refractivity contribution is 5.74. The summed E-state index contributed by atoms with van der Waals surface area (Å²) in [6.45, 7) is 3.04. The summed E-state index contributed by atoms with van der Waals surface area (Å²) in [5.41, 5.74) is 11.4. The lowest BCUT2D eigenvalue weighted by Crippen LogP contribution is -2.23.